The van der Waals surface area contributed by atoms with Crippen LogP contribution in [0.25, 0.3) is 10.9 Å². The zero-order valence-corrected chi connectivity index (χ0v) is 14.2. The van der Waals surface area contributed by atoms with E-state index < -0.39 is 0 Å². The number of aromatic hydroxyl groups is 1. The third kappa shape index (κ3) is 4.22. The molecule has 1 heterocycles. The van der Waals surface area contributed by atoms with Crippen LogP contribution >= 0.6 is 0 Å². The van der Waals surface area contributed by atoms with E-state index in [1.54, 1.807) is 6.20 Å². The molecular weight excluding hydrogens is 270 g/mol. The molecule has 0 fully saturated rings. The summed E-state index contributed by atoms with van der Waals surface area (Å²) in [5, 5.41) is 11.5. The Morgan fingerprint density at radius 2 is 2.00 bits per heavy atom. The number of phenolic OH excluding ortho intramolecular Hbond substituents is 1. The minimum atomic E-state index is 0.367. The molecule has 120 valence electrons. The van der Waals surface area contributed by atoms with Crippen LogP contribution in [0.15, 0.2) is 30.5 Å². The normalized spacial score (nSPS) is 14.1. The van der Waals surface area contributed by atoms with Gasteiger partial charge in [-0.15, -0.1) is 0 Å². The maximum atomic E-state index is 10.5. The van der Waals surface area contributed by atoms with E-state index in [9.17, 15) is 5.11 Å². The van der Waals surface area contributed by atoms with E-state index in [0.29, 0.717) is 11.7 Å². The lowest BCUT2D eigenvalue weighted by Gasteiger charge is -2.20. The summed E-state index contributed by atoms with van der Waals surface area (Å²) in [5.74, 6) is 1.77. The molecule has 2 nitrogen and oxygen atoms in total. The highest BCUT2D eigenvalue weighted by Crippen LogP contribution is 2.31. The van der Waals surface area contributed by atoms with E-state index in [0.717, 1.165) is 28.8 Å². The summed E-state index contributed by atoms with van der Waals surface area (Å²) in [6.45, 7) is 6.86. The molecule has 22 heavy (non-hydrogen) atoms. The number of phenols is 1. The summed E-state index contributed by atoms with van der Waals surface area (Å²) in [6, 6.07) is 8.03. The first-order chi connectivity index (χ1) is 10.7. The zero-order valence-electron chi connectivity index (χ0n) is 14.2. The van der Waals surface area contributed by atoms with Crippen LogP contribution in [0.3, 0.4) is 0 Å². The van der Waals surface area contributed by atoms with Gasteiger partial charge in [0.1, 0.15) is 11.3 Å². The second kappa shape index (κ2) is 8.17. The van der Waals surface area contributed by atoms with Crippen LogP contribution in [0, 0.1) is 11.8 Å². The first-order valence-electron chi connectivity index (χ1n) is 8.71. The maximum absolute atomic E-state index is 10.5. The Kier molecular flexibility index (Phi) is 6.23. The van der Waals surface area contributed by atoms with Gasteiger partial charge in [0.25, 0.3) is 0 Å². The van der Waals surface area contributed by atoms with Gasteiger partial charge in [-0.3, -0.25) is 4.98 Å². The quantitative estimate of drug-likeness (QED) is 0.675. The van der Waals surface area contributed by atoms with Crippen LogP contribution in [0.2, 0.25) is 0 Å². The fraction of sp³-hybridized carbons (Fsp3) is 0.550. The summed E-state index contributed by atoms with van der Waals surface area (Å²) in [4.78, 5) is 4.32. The predicted octanol–water partition coefficient (Wildman–Crippen LogP) is 5.73. The van der Waals surface area contributed by atoms with Gasteiger partial charge in [-0.2, -0.15) is 0 Å². The van der Waals surface area contributed by atoms with Crippen molar-refractivity contribution in [1.82, 2.24) is 4.98 Å². The van der Waals surface area contributed by atoms with Crippen LogP contribution in [0.1, 0.15) is 58.4 Å². The van der Waals surface area contributed by atoms with Crippen molar-refractivity contribution in [2.75, 3.05) is 0 Å². The molecule has 2 heteroatoms. The molecule has 0 saturated heterocycles. The molecule has 0 spiro atoms. The molecule has 0 aliphatic carbocycles. The Morgan fingerprint density at radius 1 is 1.18 bits per heavy atom. The third-order valence-electron chi connectivity index (χ3n) is 4.68. The second-order valence-corrected chi connectivity index (χ2v) is 6.61. The zero-order chi connectivity index (χ0) is 15.9. The van der Waals surface area contributed by atoms with Gasteiger partial charge in [0.2, 0.25) is 0 Å². The summed E-state index contributed by atoms with van der Waals surface area (Å²) < 4.78 is 0. The monoisotopic (exact) mass is 299 g/mol. The van der Waals surface area contributed by atoms with Crippen molar-refractivity contribution in [1.29, 1.82) is 0 Å². The number of rotatable bonds is 8. The Morgan fingerprint density at radius 3 is 2.73 bits per heavy atom. The molecular formula is C20H29NO. The van der Waals surface area contributed by atoms with Crippen molar-refractivity contribution in [3.8, 4) is 5.75 Å². The van der Waals surface area contributed by atoms with Crippen molar-refractivity contribution in [3.05, 3.63) is 36.0 Å². The topological polar surface area (TPSA) is 33.1 Å². The van der Waals surface area contributed by atoms with Gasteiger partial charge in [0, 0.05) is 11.6 Å². The Labute approximate surface area is 134 Å². The van der Waals surface area contributed by atoms with Crippen LogP contribution in [-0.2, 0) is 6.42 Å². The fourth-order valence-corrected chi connectivity index (χ4v) is 3.35. The number of aromatic nitrogens is 1. The van der Waals surface area contributed by atoms with Crippen LogP contribution in [0.4, 0.5) is 0 Å². The highest BCUT2D eigenvalue weighted by molar-refractivity contribution is 5.85. The first-order valence-corrected chi connectivity index (χ1v) is 8.71. The van der Waals surface area contributed by atoms with Gasteiger partial charge in [-0.25, -0.2) is 0 Å². The lowest BCUT2D eigenvalue weighted by atomic mass is 9.86. The van der Waals surface area contributed by atoms with E-state index in [-0.39, 0.29) is 0 Å². The summed E-state index contributed by atoms with van der Waals surface area (Å²) in [5.41, 5.74) is 1.76. The Bertz CT molecular complexity index is 593. The largest absolute Gasteiger partial charge is 0.505 e. The lowest BCUT2D eigenvalue weighted by Crippen LogP contribution is -2.08. The smallest absolute Gasteiger partial charge is 0.144 e. The van der Waals surface area contributed by atoms with Crippen molar-refractivity contribution >= 4 is 10.9 Å². The third-order valence-corrected chi connectivity index (χ3v) is 4.68. The second-order valence-electron chi connectivity index (χ2n) is 6.61. The average molecular weight is 299 g/mol. The van der Waals surface area contributed by atoms with Gasteiger partial charge >= 0.3 is 0 Å². The standard InChI is InChI=1S/C20H29NO/c1-4-6-8-16(5-2)13-15(3)14-18-11-10-17-9-7-12-21-19(17)20(18)22/h7,9-12,15-16,22H,4-6,8,13-14H2,1-3H3. The van der Waals surface area contributed by atoms with E-state index in [1.165, 1.54) is 32.1 Å². The maximum Gasteiger partial charge on any atom is 0.144 e. The molecule has 1 aromatic heterocycles. The molecule has 2 unspecified atom stereocenters. The van der Waals surface area contributed by atoms with Crippen molar-refractivity contribution in [2.45, 2.75) is 59.3 Å². The summed E-state index contributed by atoms with van der Waals surface area (Å²) >= 11 is 0. The van der Waals surface area contributed by atoms with Gasteiger partial charge in [-0.05, 0) is 36.3 Å². The fourth-order valence-electron chi connectivity index (χ4n) is 3.35. The highest BCUT2D eigenvalue weighted by Gasteiger charge is 2.15. The van der Waals surface area contributed by atoms with Crippen LogP contribution < -0.4 is 0 Å². The van der Waals surface area contributed by atoms with Gasteiger partial charge in [-0.1, -0.05) is 64.7 Å². The molecule has 0 aliphatic rings. The molecule has 0 bridgehead atoms. The van der Waals surface area contributed by atoms with Crippen molar-refractivity contribution < 1.29 is 5.11 Å². The van der Waals surface area contributed by atoms with Gasteiger partial charge in [0.15, 0.2) is 0 Å². The number of fused-ring (bicyclic) bond motifs is 1. The minimum absolute atomic E-state index is 0.367. The number of nitrogens with zero attached hydrogens (tertiary/aromatic N) is 1. The summed E-state index contributed by atoms with van der Waals surface area (Å²) in [6.07, 6.45) is 9.13. The molecule has 1 aromatic carbocycles. The number of unbranched alkanes of at least 4 members (excludes halogenated alkanes) is 1. The molecule has 0 aliphatic heterocycles. The minimum Gasteiger partial charge on any atom is -0.505 e. The van der Waals surface area contributed by atoms with E-state index in [1.807, 2.05) is 12.1 Å². The summed E-state index contributed by atoms with van der Waals surface area (Å²) in [7, 11) is 0. The number of benzene rings is 1. The molecule has 0 saturated carbocycles. The highest BCUT2D eigenvalue weighted by atomic mass is 16.3. The molecule has 0 amide bonds. The van der Waals surface area contributed by atoms with Gasteiger partial charge < -0.3 is 5.11 Å². The van der Waals surface area contributed by atoms with E-state index in [2.05, 4.69) is 37.9 Å². The number of hydrogen-bond acceptors (Lipinski definition) is 2. The van der Waals surface area contributed by atoms with E-state index in [4.69, 9.17) is 0 Å². The molecule has 2 rings (SSSR count). The van der Waals surface area contributed by atoms with E-state index >= 15 is 0 Å². The molecule has 2 aromatic rings. The van der Waals surface area contributed by atoms with Crippen molar-refractivity contribution in [3.63, 3.8) is 0 Å². The van der Waals surface area contributed by atoms with Crippen molar-refractivity contribution in [2.24, 2.45) is 11.8 Å². The lowest BCUT2D eigenvalue weighted by molar-refractivity contribution is 0.348. The van der Waals surface area contributed by atoms with Crippen LogP contribution in [0.5, 0.6) is 5.75 Å². The average Bonchev–Trinajstić information content (AvgIpc) is 2.54. The predicted molar refractivity (Wildman–Crippen MR) is 94.2 cm³/mol. The SMILES string of the molecule is CCCCC(CC)CC(C)Cc1ccc2cccnc2c1O. The number of hydrogen-bond donors (Lipinski definition) is 1. The molecule has 0 radical (unpaired) electrons. The number of pyridine rings is 1. The first kappa shape index (κ1) is 16.8. The van der Waals surface area contributed by atoms with Gasteiger partial charge in [0.05, 0.1) is 0 Å². The Balaban J connectivity index is 2.05. The Hall–Kier alpha value is -1.57. The molecule has 1 N–H and O–H groups in total. The molecule has 2 atom stereocenters. The van der Waals surface area contributed by atoms with Crippen LogP contribution in [-0.4, -0.2) is 10.1 Å².